The van der Waals surface area contributed by atoms with Crippen LogP contribution in [0.15, 0.2) is 18.2 Å². The molecule has 0 radical (unpaired) electrons. The van der Waals surface area contributed by atoms with Gasteiger partial charge in [0.1, 0.15) is 5.60 Å². The van der Waals surface area contributed by atoms with Gasteiger partial charge in [0.25, 0.3) is 0 Å². The minimum Gasteiger partial charge on any atom is -0.444 e. The molecule has 21 heavy (non-hydrogen) atoms. The molecule has 2 aromatic rings. The lowest BCUT2D eigenvalue weighted by atomic mass is 10.1. The third-order valence-electron chi connectivity index (χ3n) is 3.07. The second kappa shape index (κ2) is 6.10. The monoisotopic (exact) mass is 352 g/mol. The van der Waals surface area contributed by atoms with Gasteiger partial charge < -0.3 is 9.72 Å². The average Bonchev–Trinajstić information content (AvgIpc) is 2.73. The summed E-state index contributed by atoms with van der Waals surface area (Å²) in [6.45, 7) is 7.61. The zero-order valence-electron chi connectivity index (χ0n) is 12.8. The molecule has 1 heterocycles. The molecule has 1 aromatic heterocycles. The molecule has 2 N–H and O–H groups in total. The Bertz CT molecular complexity index is 656. The topological polar surface area (TPSA) is 54.1 Å². The summed E-state index contributed by atoms with van der Waals surface area (Å²) in [5.41, 5.74) is 3.48. The molecule has 0 bridgehead atoms. The zero-order valence-corrected chi connectivity index (χ0v) is 14.4. The summed E-state index contributed by atoms with van der Waals surface area (Å²) in [6, 6.07) is 6.17. The van der Waals surface area contributed by atoms with Crippen molar-refractivity contribution in [3.8, 4) is 0 Å². The molecular weight excluding hydrogens is 332 g/mol. The third kappa shape index (κ3) is 3.79. The number of fused-ring (bicyclic) bond motifs is 1. The van der Waals surface area contributed by atoms with Gasteiger partial charge in [-0.2, -0.15) is 0 Å². The summed E-state index contributed by atoms with van der Waals surface area (Å²) in [6.07, 6.45) is 0.381. The van der Waals surface area contributed by atoms with Crippen molar-refractivity contribution in [2.75, 3.05) is 5.32 Å². The number of alkyl halides is 1. The number of hydrogen-bond donors (Lipinski definition) is 2. The normalized spacial score (nSPS) is 11.7. The molecule has 0 aliphatic carbocycles. The molecule has 1 amide bonds. The number of ether oxygens (including phenoxy) is 1. The van der Waals surface area contributed by atoms with Crippen molar-refractivity contribution >= 4 is 38.6 Å². The van der Waals surface area contributed by atoms with Crippen molar-refractivity contribution in [2.45, 2.75) is 45.0 Å². The van der Waals surface area contributed by atoms with Crippen LogP contribution in [-0.2, 0) is 16.5 Å². The minimum atomic E-state index is -0.510. The molecule has 0 atom stereocenters. The SMILES string of the molecule is CCc1[nH]c2ccc(CBr)cc2c1NC(=O)OC(C)(C)C. The van der Waals surface area contributed by atoms with E-state index < -0.39 is 11.7 Å². The molecule has 0 unspecified atom stereocenters. The number of H-pyrrole nitrogens is 1. The number of hydrogen-bond acceptors (Lipinski definition) is 2. The van der Waals surface area contributed by atoms with Crippen LogP contribution in [0.2, 0.25) is 0 Å². The lowest BCUT2D eigenvalue weighted by Gasteiger charge is -2.19. The fraction of sp³-hybridized carbons (Fsp3) is 0.438. The maximum Gasteiger partial charge on any atom is 0.412 e. The van der Waals surface area contributed by atoms with E-state index in [1.54, 1.807) is 0 Å². The lowest BCUT2D eigenvalue weighted by molar-refractivity contribution is 0.0636. The Morgan fingerprint density at radius 3 is 2.67 bits per heavy atom. The molecule has 5 heteroatoms. The van der Waals surface area contributed by atoms with Gasteiger partial charge in [-0.25, -0.2) is 4.79 Å². The number of aromatic nitrogens is 1. The van der Waals surface area contributed by atoms with Crippen LogP contribution in [-0.4, -0.2) is 16.7 Å². The second-order valence-electron chi connectivity index (χ2n) is 5.97. The molecule has 0 spiro atoms. The highest BCUT2D eigenvalue weighted by Crippen LogP contribution is 2.30. The van der Waals surface area contributed by atoms with Crippen LogP contribution >= 0.6 is 15.9 Å². The number of benzene rings is 1. The number of aryl methyl sites for hydroxylation is 1. The fourth-order valence-electron chi connectivity index (χ4n) is 2.19. The predicted molar refractivity (Wildman–Crippen MR) is 90.2 cm³/mol. The Balaban J connectivity index is 2.38. The van der Waals surface area contributed by atoms with Crippen molar-refractivity contribution in [1.29, 1.82) is 0 Å². The molecule has 114 valence electrons. The van der Waals surface area contributed by atoms with Gasteiger partial charge in [-0.15, -0.1) is 0 Å². The molecule has 0 aliphatic rings. The molecule has 2 rings (SSSR count). The van der Waals surface area contributed by atoms with E-state index in [1.807, 2.05) is 26.8 Å². The quantitative estimate of drug-likeness (QED) is 0.766. The van der Waals surface area contributed by atoms with Gasteiger partial charge in [-0.05, 0) is 44.9 Å². The third-order valence-corrected chi connectivity index (χ3v) is 3.72. The van der Waals surface area contributed by atoms with Crippen LogP contribution in [0.5, 0.6) is 0 Å². The van der Waals surface area contributed by atoms with Crippen LogP contribution in [0.1, 0.15) is 39.0 Å². The number of nitrogens with one attached hydrogen (secondary N) is 2. The standard InChI is InChI=1S/C16H21BrN2O2/c1-5-12-14(19-15(20)21-16(2,3)4)11-8-10(9-17)6-7-13(11)18-12/h6-8,18H,5,9H2,1-4H3,(H,19,20). The van der Waals surface area contributed by atoms with E-state index in [2.05, 4.69) is 45.3 Å². The highest BCUT2D eigenvalue weighted by Gasteiger charge is 2.19. The first-order chi connectivity index (χ1) is 9.84. The molecule has 1 aromatic carbocycles. The average molecular weight is 353 g/mol. The Hall–Kier alpha value is -1.49. The first kappa shape index (κ1) is 15.9. The smallest absolute Gasteiger partial charge is 0.412 e. The van der Waals surface area contributed by atoms with Crippen molar-refractivity contribution in [3.63, 3.8) is 0 Å². The van der Waals surface area contributed by atoms with Gasteiger partial charge in [-0.1, -0.05) is 28.9 Å². The van der Waals surface area contributed by atoms with Crippen LogP contribution in [0.25, 0.3) is 10.9 Å². The van der Waals surface area contributed by atoms with Gasteiger partial charge >= 0.3 is 6.09 Å². The number of carbonyl (C=O) groups excluding carboxylic acids is 1. The van der Waals surface area contributed by atoms with Gasteiger partial charge in [0.15, 0.2) is 0 Å². The van der Waals surface area contributed by atoms with E-state index in [0.717, 1.165) is 39.6 Å². The first-order valence-electron chi connectivity index (χ1n) is 7.03. The molecule has 0 aliphatic heterocycles. The number of rotatable bonds is 3. The van der Waals surface area contributed by atoms with E-state index in [1.165, 1.54) is 0 Å². The van der Waals surface area contributed by atoms with E-state index in [4.69, 9.17) is 4.74 Å². The van der Waals surface area contributed by atoms with E-state index >= 15 is 0 Å². The van der Waals surface area contributed by atoms with Crippen molar-refractivity contribution < 1.29 is 9.53 Å². The highest BCUT2D eigenvalue weighted by molar-refractivity contribution is 9.08. The zero-order chi connectivity index (χ0) is 15.6. The molecule has 0 fully saturated rings. The Kier molecular flexibility index (Phi) is 4.61. The Morgan fingerprint density at radius 2 is 2.10 bits per heavy atom. The molecule has 0 saturated heterocycles. The van der Waals surface area contributed by atoms with E-state index in [0.29, 0.717) is 0 Å². The van der Waals surface area contributed by atoms with Crippen molar-refractivity contribution in [1.82, 2.24) is 4.98 Å². The number of amides is 1. The van der Waals surface area contributed by atoms with Crippen LogP contribution < -0.4 is 5.32 Å². The Morgan fingerprint density at radius 1 is 1.38 bits per heavy atom. The fourth-order valence-corrected chi connectivity index (χ4v) is 2.54. The summed E-state index contributed by atoms with van der Waals surface area (Å²) < 4.78 is 5.34. The van der Waals surface area contributed by atoms with Gasteiger partial charge in [0, 0.05) is 21.9 Å². The number of halogens is 1. The van der Waals surface area contributed by atoms with Crippen LogP contribution in [0.3, 0.4) is 0 Å². The van der Waals surface area contributed by atoms with Crippen molar-refractivity contribution in [2.24, 2.45) is 0 Å². The highest BCUT2D eigenvalue weighted by atomic mass is 79.9. The van der Waals surface area contributed by atoms with Crippen LogP contribution in [0, 0.1) is 0 Å². The van der Waals surface area contributed by atoms with Crippen molar-refractivity contribution in [3.05, 3.63) is 29.5 Å². The maximum atomic E-state index is 12.0. The molecule has 4 nitrogen and oxygen atoms in total. The Labute approximate surface area is 133 Å². The van der Waals surface area contributed by atoms with Crippen LogP contribution in [0.4, 0.5) is 10.5 Å². The molecular formula is C16H21BrN2O2. The van der Waals surface area contributed by atoms with Gasteiger partial charge in [0.05, 0.1) is 5.69 Å². The summed E-state index contributed by atoms with van der Waals surface area (Å²) in [7, 11) is 0. The first-order valence-corrected chi connectivity index (χ1v) is 8.15. The summed E-state index contributed by atoms with van der Waals surface area (Å²) >= 11 is 3.46. The van der Waals surface area contributed by atoms with Gasteiger partial charge in [-0.3, -0.25) is 5.32 Å². The summed E-state index contributed by atoms with van der Waals surface area (Å²) in [5.74, 6) is 0. The van der Waals surface area contributed by atoms with E-state index in [-0.39, 0.29) is 0 Å². The minimum absolute atomic E-state index is 0.428. The number of aromatic amines is 1. The second-order valence-corrected chi connectivity index (χ2v) is 6.53. The van der Waals surface area contributed by atoms with E-state index in [9.17, 15) is 4.79 Å². The summed E-state index contributed by atoms with van der Waals surface area (Å²) in [5, 5.41) is 4.67. The maximum absolute atomic E-state index is 12.0. The lowest BCUT2D eigenvalue weighted by Crippen LogP contribution is -2.27. The number of anilines is 1. The largest absolute Gasteiger partial charge is 0.444 e. The predicted octanol–water partition coefficient (Wildman–Crippen LogP) is 4.97. The van der Waals surface area contributed by atoms with Gasteiger partial charge in [0.2, 0.25) is 0 Å². The molecule has 0 saturated carbocycles. The summed E-state index contributed by atoms with van der Waals surface area (Å²) in [4.78, 5) is 15.4. The number of carbonyl (C=O) groups is 1.